The first kappa shape index (κ1) is 11.9. The Bertz CT molecular complexity index is 404. The van der Waals surface area contributed by atoms with Gasteiger partial charge in [-0.25, -0.2) is 4.98 Å². The molecule has 0 bridgehead atoms. The second kappa shape index (κ2) is 5.24. The number of pyridine rings is 1. The Morgan fingerprint density at radius 1 is 1.28 bits per heavy atom. The van der Waals surface area contributed by atoms with Crippen molar-refractivity contribution in [2.45, 2.75) is 31.9 Å². The third-order valence-corrected chi connectivity index (χ3v) is 4.14. The molecule has 0 radical (unpaired) electrons. The Balaban J connectivity index is 1.67. The summed E-state index contributed by atoms with van der Waals surface area (Å²) in [4.78, 5) is 9.40. The summed E-state index contributed by atoms with van der Waals surface area (Å²) in [5, 5.41) is 9.17. The molecule has 4 heteroatoms. The smallest absolute Gasteiger partial charge is 0.128 e. The maximum absolute atomic E-state index is 9.17. The van der Waals surface area contributed by atoms with E-state index in [4.69, 9.17) is 0 Å². The molecule has 2 fully saturated rings. The first-order valence-electron chi connectivity index (χ1n) is 6.91. The molecule has 98 valence electrons. The molecular weight excluding hydrogens is 226 g/mol. The molecule has 0 amide bonds. The minimum atomic E-state index is 0.0961. The van der Waals surface area contributed by atoms with Crippen molar-refractivity contribution in [3.05, 3.63) is 23.9 Å². The van der Waals surface area contributed by atoms with Gasteiger partial charge in [0.2, 0.25) is 0 Å². The highest BCUT2D eigenvalue weighted by Gasteiger charge is 2.29. The van der Waals surface area contributed by atoms with Gasteiger partial charge in [0, 0.05) is 25.3 Å². The minimum Gasteiger partial charge on any atom is -0.392 e. The van der Waals surface area contributed by atoms with Gasteiger partial charge >= 0.3 is 0 Å². The molecule has 0 saturated carbocycles. The molecule has 1 unspecified atom stereocenters. The first-order valence-corrected chi connectivity index (χ1v) is 6.91. The summed E-state index contributed by atoms with van der Waals surface area (Å²) < 4.78 is 0. The number of aliphatic hydroxyl groups excluding tert-OH is 1. The summed E-state index contributed by atoms with van der Waals surface area (Å²) in [6, 6.07) is 4.58. The van der Waals surface area contributed by atoms with Gasteiger partial charge in [0.1, 0.15) is 5.82 Å². The van der Waals surface area contributed by atoms with Gasteiger partial charge < -0.3 is 10.0 Å². The van der Waals surface area contributed by atoms with Crippen molar-refractivity contribution in [1.82, 2.24) is 9.88 Å². The molecule has 1 N–H and O–H groups in total. The maximum Gasteiger partial charge on any atom is 0.128 e. The standard InChI is InChI=1S/C14H21N3O/c18-11-12-3-5-15-14(9-12)17-8-4-13(10-17)16-6-1-2-7-16/h3,5,9,13,18H,1-2,4,6-8,10-11H2. The van der Waals surface area contributed by atoms with Gasteiger partial charge in [0.15, 0.2) is 0 Å². The van der Waals surface area contributed by atoms with E-state index in [0.29, 0.717) is 6.04 Å². The van der Waals surface area contributed by atoms with E-state index in [1.807, 2.05) is 12.1 Å². The van der Waals surface area contributed by atoms with Crippen LogP contribution in [0, 0.1) is 0 Å². The van der Waals surface area contributed by atoms with E-state index in [9.17, 15) is 5.11 Å². The van der Waals surface area contributed by atoms with Crippen LogP contribution in [0.2, 0.25) is 0 Å². The Hall–Kier alpha value is -1.13. The fourth-order valence-corrected chi connectivity index (χ4v) is 3.09. The van der Waals surface area contributed by atoms with Crippen LogP contribution in [0.3, 0.4) is 0 Å². The molecule has 3 rings (SSSR count). The molecule has 1 aromatic heterocycles. The van der Waals surface area contributed by atoms with E-state index in [1.165, 1.54) is 32.4 Å². The van der Waals surface area contributed by atoms with Gasteiger partial charge in [-0.2, -0.15) is 0 Å². The Kier molecular flexibility index (Phi) is 3.48. The monoisotopic (exact) mass is 247 g/mol. The van der Waals surface area contributed by atoms with E-state index >= 15 is 0 Å². The van der Waals surface area contributed by atoms with E-state index in [-0.39, 0.29) is 6.61 Å². The molecule has 0 aliphatic carbocycles. The lowest BCUT2D eigenvalue weighted by molar-refractivity contribution is 0.260. The summed E-state index contributed by atoms with van der Waals surface area (Å²) in [5.74, 6) is 1.02. The summed E-state index contributed by atoms with van der Waals surface area (Å²) in [7, 11) is 0. The molecule has 4 nitrogen and oxygen atoms in total. The van der Waals surface area contributed by atoms with Gasteiger partial charge in [-0.1, -0.05) is 0 Å². The average Bonchev–Trinajstić information content (AvgIpc) is 3.09. The van der Waals surface area contributed by atoms with Crippen LogP contribution in [0.15, 0.2) is 18.3 Å². The predicted octanol–water partition coefficient (Wildman–Crippen LogP) is 1.25. The highest BCUT2D eigenvalue weighted by Crippen LogP contribution is 2.24. The summed E-state index contributed by atoms with van der Waals surface area (Å²) in [6.45, 7) is 4.80. The maximum atomic E-state index is 9.17. The first-order chi connectivity index (χ1) is 8.86. The van der Waals surface area contributed by atoms with Gasteiger partial charge in [0.25, 0.3) is 0 Å². The van der Waals surface area contributed by atoms with Crippen molar-refractivity contribution in [3.8, 4) is 0 Å². The predicted molar refractivity (Wildman–Crippen MR) is 71.6 cm³/mol. The molecule has 3 heterocycles. The van der Waals surface area contributed by atoms with Crippen molar-refractivity contribution >= 4 is 5.82 Å². The normalized spacial score (nSPS) is 24.9. The molecule has 0 spiro atoms. The Morgan fingerprint density at radius 3 is 2.89 bits per heavy atom. The second-order valence-corrected chi connectivity index (χ2v) is 5.31. The van der Waals surface area contributed by atoms with Crippen molar-refractivity contribution in [2.75, 3.05) is 31.1 Å². The molecule has 2 saturated heterocycles. The summed E-state index contributed by atoms with van der Waals surface area (Å²) in [6.07, 6.45) is 5.75. The number of aliphatic hydroxyl groups is 1. The van der Waals surface area contributed by atoms with Gasteiger partial charge in [0.05, 0.1) is 6.61 Å². The lowest BCUT2D eigenvalue weighted by Crippen LogP contribution is -2.35. The molecular formula is C14H21N3O. The van der Waals surface area contributed by atoms with E-state index in [0.717, 1.165) is 24.5 Å². The van der Waals surface area contributed by atoms with Crippen LogP contribution in [-0.4, -0.2) is 47.2 Å². The summed E-state index contributed by atoms with van der Waals surface area (Å²) >= 11 is 0. The Labute approximate surface area is 108 Å². The van der Waals surface area contributed by atoms with Crippen LogP contribution in [0.25, 0.3) is 0 Å². The van der Waals surface area contributed by atoms with E-state index in [1.54, 1.807) is 6.20 Å². The molecule has 1 atom stereocenters. The number of nitrogens with zero attached hydrogens (tertiary/aromatic N) is 3. The fourth-order valence-electron chi connectivity index (χ4n) is 3.09. The van der Waals surface area contributed by atoms with Gasteiger partial charge in [-0.05, 0) is 50.0 Å². The Morgan fingerprint density at radius 2 is 2.11 bits per heavy atom. The van der Waals surface area contributed by atoms with Gasteiger partial charge in [-0.15, -0.1) is 0 Å². The van der Waals surface area contributed by atoms with Crippen LogP contribution in [-0.2, 0) is 6.61 Å². The summed E-state index contributed by atoms with van der Waals surface area (Å²) in [5.41, 5.74) is 0.949. The zero-order valence-corrected chi connectivity index (χ0v) is 10.8. The van der Waals surface area contributed by atoms with Crippen LogP contribution in [0.4, 0.5) is 5.82 Å². The molecule has 18 heavy (non-hydrogen) atoms. The van der Waals surface area contributed by atoms with Crippen molar-refractivity contribution in [3.63, 3.8) is 0 Å². The number of likely N-dealkylation sites (tertiary alicyclic amines) is 1. The molecule has 1 aromatic rings. The van der Waals surface area contributed by atoms with Crippen LogP contribution >= 0.6 is 0 Å². The van der Waals surface area contributed by atoms with Crippen LogP contribution in [0.1, 0.15) is 24.8 Å². The average molecular weight is 247 g/mol. The lowest BCUT2D eigenvalue weighted by Gasteiger charge is -2.24. The van der Waals surface area contributed by atoms with E-state index in [2.05, 4.69) is 14.8 Å². The topological polar surface area (TPSA) is 39.6 Å². The third-order valence-electron chi connectivity index (χ3n) is 4.14. The molecule has 0 aromatic carbocycles. The fraction of sp³-hybridized carbons (Fsp3) is 0.643. The second-order valence-electron chi connectivity index (χ2n) is 5.31. The SMILES string of the molecule is OCc1ccnc(N2CCC(N3CCCC3)C2)c1. The molecule has 2 aliphatic rings. The third kappa shape index (κ3) is 2.35. The zero-order valence-electron chi connectivity index (χ0n) is 10.8. The van der Waals surface area contributed by atoms with Crippen molar-refractivity contribution < 1.29 is 5.11 Å². The largest absolute Gasteiger partial charge is 0.392 e. The lowest BCUT2D eigenvalue weighted by atomic mass is 10.2. The number of anilines is 1. The van der Waals surface area contributed by atoms with Crippen LogP contribution < -0.4 is 4.90 Å². The number of rotatable bonds is 3. The van der Waals surface area contributed by atoms with Crippen LogP contribution in [0.5, 0.6) is 0 Å². The van der Waals surface area contributed by atoms with Crippen molar-refractivity contribution in [2.24, 2.45) is 0 Å². The highest BCUT2D eigenvalue weighted by molar-refractivity contribution is 5.42. The number of hydrogen-bond donors (Lipinski definition) is 1. The quantitative estimate of drug-likeness (QED) is 0.872. The highest BCUT2D eigenvalue weighted by atomic mass is 16.3. The zero-order chi connectivity index (χ0) is 12.4. The number of hydrogen-bond acceptors (Lipinski definition) is 4. The van der Waals surface area contributed by atoms with Gasteiger partial charge in [-0.3, -0.25) is 4.90 Å². The van der Waals surface area contributed by atoms with Crippen molar-refractivity contribution in [1.29, 1.82) is 0 Å². The molecule has 2 aliphatic heterocycles. The minimum absolute atomic E-state index is 0.0961. The van der Waals surface area contributed by atoms with E-state index < -0.39 is 0 Å². The number of aromatic nitrogens is 1.